The summed E-state index contributed by atoms with van der Waals surface area (Å²) in [5.74, 6) is 2.43. The lowest BCUT2D eigenvalue weighted by Crippen LogP contribution is -2.13. The van der Waals surface area contributed by atoms with E-state index in [1.807, 2.05) is 0 Å². The molecule has 1 fully saturated rings. The molecule has 0 amide bonds. The molecule has 2 rings (SSSR count). The Kier molecular flexibility index (Phi) is 6.23. The van der Waals surface area contributed by atoms with E-state index in [0.717, 1.165) is 11.8 Å². The van der Waals surface area contributed by atoms with Crippen molar-refractivity contribution < 1.29 is 0 Å². The number of hydrogen-bond donors (Lipinski definition) is 0. The molecule has 1 aromatic carbocycles. The number of hydrogen-bond acceptors (Lipinski definition) is 0. The van der Waals surface area contributed by atoms with Gasteiger partial charge in [-0.3, -0.25) is 0 Å². The summed E-state index contributed by atoms with van der Waals surface area (Å²) in [5, 5.41) is 0. The van der Waals surface area contributed by atoms with Gasteiger partial charge in [-0.05, 0) is 48.6 Å². The van der Waals surface area contributed by atoms with Crippen LogP contribution in [0.25, 0.3) is 0 Å². The second-order valence-corrected chi connectivity index (χ2v) is 6.36. The van der Waals surface area contributed by atoms with Crippen molar-refractivity contribution in [3.05, 3.63) is 35.4 Å². The molecule has 1 aliphatic carbocycles. The summed E-state index contributed by atoms with van der Waals surface area (Å²) in [4.78, 5) is 0. The minimum atomic E-state index is 0.629. The lowest BCUT2D eigenvalue weighted by atomic mass is 9.77. The summed E-state index contributed by atoms with van der Waals surface area (Å²) < 4.78 is 0. The Morgan fingerprint density at radius 2 is 1.68 bits per heavy atom. The first-order valence-electron chi connectivity index (χ1n) is 7.98. The topological polar surface area (TPSA) is 0 Å². The van der Waals surface area contributed by atoms with Crippen molar-refractivity contribution >= 4 is 11.6 Å². The number of alkyl halides is 1. The molecule has 0 unspecified atom stereocenters. The Morgan fingerprint density at radius 3 is 2.26 bits per heavy atom. The van der Waals surface area contributed by atoms with E-state index in [9.17, 15) is 0 Å². The highest BCUT2D eigenvalue weighted by Crippen LogP contribution is 2.37. The van der Waals surface area contributed by atoms with Gasteiger partial charge in [-0.15, -0.1) is 11.6 Å². The molecule has 0 bridgehead atoms. The van der Waals surface area contributed by atoms with Crippen LogP contribution in [0.15, 0.2) is 24.3 Å². The minimum absolute atomic E-state index is 0.629. The molecule has 0 saturated heterocycles. The SMILES string of the molecule is CCCCC[C@H]1CC[C@H](c2ccc(CCl)cc2)CC1. The van der Waals surface area contributed by atoms with E-state index in [-0.39, 0.29) is 0 Å². The highest BCUT2D eigenvalue weighted by Gasteiger charge is 2.21. The summed E-state index contributed by atoms with van der Waals surface area (Å²) in [7, 11) is 0. The normalized spacial score (nSPS) is 23.5. The Morgan fingerprint density at radius 1 is 1.00 bits per heavy atom. The van der Waals surface area contributed by atoms with Crippen molar-refractivity contribution in [3.63, 3.8) is 0 Å². The second kappa shape index (κ2) is 7.94. The first-order chi connectivity index (χ1) is 9.33. The Bertz CT molecular complexity index is 346. The fourth-order valence-corrected chi connectivity index (χ4v) is 3.52. The molecular formula is C18H27Cl. The number of benzene rings is 1. The van der Waals surface area contributed by atoms with E-state index < -0.39 is 0 Å². The van der Waals surface area contributed by atoms with Gasteiger partial charge in [0.25, 0.3) is 0 Å². The van der Waals surface area contributed by atoms with Crippen molar-refractivity contribution in [2.45, 2.75) is 70.1 Å². The average molecular weight is 279 g/mol. The zero-order chi connectivity index (χ0) is 13.5. The zero-order valence-electron chi connectivity index (χ0n) is 12.2. The summed E-state index contributed by atoms with van der Waals surface area (Å²) in [5.41, 5.74) is 2.76. The number of rotatable bonds is 6. The molecular weight excluding hydrogens is 252 g/mol. The Labute approximate surface area is 123 Å². The molecule has 0 spiro atoms. The molecule has 0 radical (unpaired) electrons. The number of unbranched alkanes of at least 4 members (excludes halogenated alkanes) is 2. The highest BCUT2D eigenvalue weighted by atomic mass is 35.5. The Hall–Kier alpha value is -0.490. The maximum atomic E-state index is 5.84. The lowest BCUT2D eigenvalue weighted by molar-refractivity contribution is 0.303. The van der Waals surface area contributed by atoms with Gasteiger partial charge in [-0.2, -0.15) is 0 Å². The molecule has 1 heteroatoms. The monoisotopic (exact) mass is 278 g/mol. The standard InChI is InChI=1S/C18H27Cl/c1-2-3-4-5-15-6-10-17(11-7-15)18-12-8-16(14-19)9-13-18/h8-9,12-13,15,17H,2-7,10-11,14H2,1H3/t15-,17-. The molecule has 1 aromatic rings. The van der Waals surface area contributed by atoms with Crippen LogP contribution in [-0.4, -0.2) is 0 Å². The third kappa shape index (κ3) is 4.53. The first kappa shape index (κ1) is 14.9. The van der Waals surface area contributed by atoms with Crippen LogP contribution < -0.4 is 0 Å². The van der Waals surface area contributed by atoms with Crippen LogP contribution in [0.2, 0.25) is 0 Å². The lowest BCUT2D eigenvalue weighted by Gasteiger charge is -2.29. The van der Waals surface area contributed by atoms with Gasteiger partial charge in [0, 0.05) is 5.88 Å². The molecule has 106 valence electrons. The minimum Gasteiger partial charge on any atom is -0.122 e. The van der Waals surface area contributed by atoms with Crippen LogP contribution >= 0.6 is 11.6 Å². The van der Waals surface area contributed by atoms with E-state index in [2.05, 4.69) is 31.2 Å². The third-order valence-corrected chi connectivity index (χ3v) is 4.98. The zero-order valence-corrected chi connectivity index (χ0v) is 13.0. The van der Waals surface area contributed by atoms with E-state index in [0.29, 0.717) is 5.88 Å². The molecule has 0 aliphatic heterocycles. The molecule has 1 aliphatic rings. The van der Waals surface area contributed by atoms with Crippen LogP contribution in [0, 0.1) is 5.92 Å². The molecule has 19 heavy (non-hydrogen) atoms. The quantitative estimate of drug-likeness (QED) is 0.424. The summed E-state index contributed by atoms with van der Waals surface area (Å²) in [6.45, 7) is 2.29. The maximum absolute atomic E-state index is 5.84. The van der Waals surface area contributed by atoms with Gasteiger partial charge in [-0.25, -0.2) is 0 Å². The van der Waals surface area contributed by atoms with Crippen molar-refractivity contribution in [1.29, 1.82) is 0 Å². The van der Waals surface area contributed by atoms with Gasteiger partial charge in [0.15, 0.2) is 0 Å². The maximum Gasteiger partial charge on any atom is 0.0474 e. The largest absolute Gasteiger partial charge is 0.122 e. The van der Waals surface area contributed by atoms with Crippen molar-refractivity contribution in [2.24, 2.45) is 5.92 Å². The molecule has 0 atom stereocenters. The number of halogens is 1. The van der Waals surface area contributed by atoms with Crippen LogP contribution in [0.1, 0.15) is 75.3 Å². The fourth-order valence-electron chi connectivity index (χ4n) is 3.35. The van der Waals surface area contributed by atoms with Crippen LogP contribution in [0.4, 0.5) is 0 Å². The van der Waals surface area contributed by atoms with Gasteiger partial charge in [0.1, 0.15) is 0 Å². The average Bonchev–Trinajstić information content (AvgIpc) is 2.48. The molecule has 0 nitrogen and oxygen atoms in total. The van der Waals surface area contributed by atoms with E-state index in [1.54, 1.807) is 0 Å². The summed E-state index contributed by atoms with van der Waals surface area (Å²) in [6, 6.07) is 8.96. The van der Waals surface area contributed by atoms with Crippen molar-refractivity contribution in [1.82, 2.24) is 0 Å². The van der Waals surface area contributed by atoms with Crippen LogP contribution in [-0.2, 0) is 5.88 Å². The third-order valence-electron chi connectivity index (χ3n) is 4.67. The summed E-state index contributed by atoms with van der Waals surface area (Å²) >= 11 is 5.84. The van der Waals surface area contributed by atoms with Crippen LogP contribution in [0.3, 0.4) is 0 Å². The van der Waals surface area contributed by atoms with E-state index in [4.69, 9.17) is 11.6 Å². The molecule has 0 aromatic heterocycles. The van der Waals surface area contributed by atoms with Crippen LogP contribution in [0.5, 0.6) is 0 Å². The Balaban J connectivity index is 1.78. The van der Waals surface area contributed by atoms with Gasteiger partial charge >= 0.3 is 0 Å². The molecule has 0 heterocycles. The van der Waals surface area contributed by atoms with Crippen molar-refractivity contribution in [2.75, 3.05) is 0 Å². The van der Waals surface area contributed by atoms with Gasteiger partial charge in [0.05, 0.1) is 0 Å². The van der Waals surface area contributed by atoms with Crippen molar-refractivity contribution in [3.8, 4) is 0 Å². The first-order valence-corrected chi connectivity index (χ1v) is 8.51. The van der Waals surface area contributed by atoms with E-state index >= 15 is 0 Å². The molecule has 0 N–H and O–H groups in total. The van der Waals surface area contributed by atoms with E-state index in [1.165, 1.54) is 62.5 Å². The molecule has 1 saturated carbocycles. The predicted molar refractivity (Wildman–Crippen MR) is 84.8 cm³/mol. The highest BCUT2D eigenvalue weighted by molar-refractivity contribution is 6.17. The second-order valence-electron chi connectivity index (χ2n) is 6.09. The summed E-state index contributed by atoms with van der Waals surface area (Å²) in [6.07, 6.45) is 11.3. The predicted octanol–water partition coefficient (Wildman–Crippen LogP) is 6.28. The fraction of sp³-hybridized carbons (Fsp3) is 0.667. The van der Waals surface area contributed by atoms with Gasteiger partial charge in [-0.1, -0.05) is 56.9 Å². The smallest absolute Gasteiger partial charge is 0.0474 e. The van der Waals surface area contributed by atoms with Gasteiger partial charge < -0.3 is 0 Å². The van der Waals surface area contributed by atoms with Gasteiger partial charge in [0.2, 0.25) is 0 Å².